The second-order valence-corrected chi connectivity index (χ2v) is 7.76. The highest BCUT2D eigenvalue weighted by Crippen LogP contribution is 2.35. The molecule has 0 aliphatic carbocycles. The van der Waals surface area contributed by atoms with Gasteiger partial charge in [-0.15, -0.1) is 11.3 Å². The van der Waals surface area contributed by atoms with Crippen LogP contribution >= 0.6 is 22.9 Å². The number of carbonyl (C=O) groups excluding carboxylic acids is 1. The molecule has 152 valence electrons. The Morgan fingerprint density at radius 3 is 2.57 bits per heavy atom. The molecule has 0 fully saturated rings. The van der Waals surface area contributed by atoms with Crippen LogP contribution in [0.1, 0.15) is 0 Å². The summed E-state index contributed by atoms with van der Waals surface area (Å²) in [5.74, 6) is 1.13. The molecule has 6 nitrogen and oxygen atoms in total. The quantitative estimate of drug-likeness (QED) is 0.384. The summed E-state index contributed by atoms with van der Waals surface area (Å²) in [7, 11) is 3.09. The molecule has 2 amide bonds. The van der Waals surface area contributed by atoms with E-state index in [-0.39, 0.29) is 0 Å². The van der Waals surface area contributed by atoms with Crippen molar-refractivity contribution in [1.29, 1.82) is 0 Å². The first-order valence-corrected chi connectivity index (χ1v) is 10.2. The SMILES string of the molecule is COc1ccc(NC(=O)Nc2ccc(-c3nc4ccccc4s3)c(Cl)c2)c(OC)c1. The van der Waals surface area contributed by atoms with Crippen LogP contribution in [0.2, 0.25) is 5.02 Å². The number of aromatic nitrogens is 1. The highest BCUT2D eigenvalue weighted by Gasteiger charge is 2.13. The van der Waals surface area contributed by atoms with E-state index in [0.29, 0.717) is 27.9 Å². The van der Waals surface area contributed by atoms with Gasteiger partial charge >= 0.3 is 6.03 Å². The maximum atomic E-state index is 12.4. The van der Waals surface area contributed by atoms with Crippen molar-refractivity contribution >= 4 is 50.6 Å². The van der Waals surface area contributed by atoms with Crippen LogP contribution < -0.4 is 20.1 Å². The van der Waals surface area contributed by atoms with Crippen molar-refractivity contribution in [1.82, 2.24) is 4.98 Å². The number of nitrogens with zero attached hydrogens (tertiary/aromatic N) is 1. The molecule has 8 heteroatoms. The van der Waals surface area contributed by atoms with Gasteiger partial charge in [0, 0.05) is 17.3 Å². The van der Waals surface area contributed by atoms with Gasteiger partial charge in [-0.25, -0.2) is 9.78 Å². The van der Waals surface area contributed by atoms with Crippen molar-refractivity contribution < 1.29 is 14.3 Å². The summed E-state index contributed by atoms with van der Waals surface area (Å²) in [5, 5.41) is 6.88. The zero-order valence-corrected chi connectivity index (χ0v) is 17.8. The molecule has 0 bridgehead atoms. The molecular formula is C22H18ClN3O3S. The van der Waals surface area contributed by atoms with E-state index in [1.807, 2.05) is 30.3 Å². The van der Waals surface area contributed by atoms with E-state index in [9.17, 15) is 4.79 Å². The maximum Gasteiger partial charge on any atom is 0.323 e. The number of halogens is 1. The van der Waals surface area contributed by atoms with Crippen LogP contribution in [0.15, 0.2) is 60.7 Å². The summed E-state index contributed by atoms with van der Waals surface area (Å²) in [6, 6.07) is 18.0. The van der Waals surface area contributed by atoms with Crippen LogP contribution in [-0.2, 0) is 0 Å². The number of urea groups is 1. The Bertz CT molecular complexity index is 1190. The van der Waals surface area contributed by atoms with E-state index >= 15 is 0 Å². The summed E-state index contributed by atoms with van der Waals surface area (Å²) in [4.78, 5) is 17.1. The summed E-state index contributed by atoms with van der Waals surface area (Å²) in [6.07, 6.45) is 0. The van der Waals surface area contributed by atoms with Crippen LogP contribution in [0, 0.1) is 0 Å². The van der Waals surface area contributed by atoms with Crippen LogP contribution in [-0.4, -0.2) is 25.2 Å². The third-order valence-electron chi connectivity index (χ3n) is 4.41. The van der Waals surface area contributed by atoms with E-state index < -0.39 is 6.03 Å². The Balaban J connectivity index is 1.50. The first kappa shape index (κ1) is 20.0. The van der Waals surface area contributed by atoms with Crippen molar-refractivity contribution in [2.75, 3.05) is 24.9 Å². The number of anilines is 2. The predicted molar refractivity (Wildman–Crippen MR) is 122 cm³/mol. The van der Waals surface area contributed by atoms with E-state index in [4.69, 9.17) is 21.1 Å². The maximum absolute atomic E-state index is 12.4. The van der Waals surface area contributed by atoms with Gasteiger partial charge in [-0.3, -0.25) is 0 Å². The molecule has 0 aliphatic rings. The highest BCUT2D eigenvalue weighted by atomic mass is 35.5. The monoisotopic (exact) mass is 439 g/mol. The average Bonchev–Trinajstić information content (AvgIpc) is 3.18. The van der Waals surface area contributed by atoms with Gasteiger partial charge in [0.15, 0.2) is 0 Å². The number of hydrogen-bond donors (Lipinski definition) is 2. The Hall–Kier alpha value is -3.29. The topological polar surface area (TPSA) is 72.5 Å². The summed E-state index contributed by atoms with van der Waals surface area (Å²) in [6.45, 7) is 0. The van der Waals surface area contributed by atoms with Crippen molar-refractivity contribution in [3.05, 3.63) is 65.7 Å². The minimum absolute atomic E-state index is 0.415. The van der Waals surface area contributed by atoms with Gasteiger partial charge in [0.05, 0.1) is 35.1 Å². The number of nitrogens with one attached hydrogen (secondary N) is 2. The van der Waals surface area contributed by atoms with Crippen molar-refractivity contribution in [3.63, 3.8) is 0 Å². The molecule has 4 aromatic rings. The van der Waals surface area contributed by atoms with Gasteiger partial charge < -0.3 is 20.1 Å². The van der Waals surface area contributed by atoms with Gasteiger partial charge in [-0.05, 0) is 42.5 Å². The Morgan fingerprint density at radius 2 is 1.83 bits per heavy atom. The van der Waals surface area contributed by atoms with Crippen molar-refractivity contribution in [2.24, 2.45) is 0 Å². The largest absolute Gasteiger partial charge is 0.497 e. The molecule has 0 radical (unpaired) electrons. The molecular weight excluding hydrogens is 422 g/mol. The van der Waals surface area contributed by atoms with Gasteiger partial charge in [-0.2, -0.15) is 0 Å². The smallest absolute Gasteiger partial charge is 0.323 e. The molecule has 0 atom stereocenters. The Morgan fingerprint density at radius 1 is 1.00 bits per heavy atom. The molecule has 1 aromatic heterocycles. The molecule has 0 aliphatic heterocycles. The molecule has 0 unspecified atom stereocenters. The number of carbonyl (C=O) groups is 1. The molecule has 1 heterocycles. The lowest BCUT2D eigenvalue weighted by Crippen LogP contribution is -2.19. The Kier molecular flexibility index (Phi) is 5.74. The lowest BCUT2D eigenvalue weighted by atomic mass is 10.2. The fourth-order valence-corrected chi connectivity index (χ4v) is 4.27. The van der Waals surface area contributed by atoms with E-state index in [1.54, 1.807) is 48.8 Å². The van der Waals surface area contributed by atoms with E-state index in [2.05, 4.69) is 15.6 Å². The van der Waals surface area contributed by atoms with E-state index in [1.165, 1.54) is 7.11 Å². The first-order chi connectivity index (χ1) is 14.6. The number of rotatable bonds is 5. The standard InChI is InChI=1S/C22H18ClN3O3S/c1-28-14-8-10-17(19(12-14)29-2)26-22(27)24-13-7-9-15(16(23)11-13)21-25-18-5-3-4-6-20(18)30-21/h3-12H,1-2H3,(H2,24,26,27). The van der Waals surface area contributed by atoms with Crippen LogP contribution in [0.5, 0.6) is 11.5 Å². The van der Waals surface area contributed by atoms with E-state index in [0.717, 1.165) is 20.8 Å². The number of hydrogen-bond acceptors (Lipinski definition) is 5. The lowest BCUT2D eigenvalue weighted by molar-refractivity contribution is 0.262. The summed E-state index contributed by atoms with van der Waals surface area (Å²) in [5.41, 5.74) is 2.84. The summed E-state index contributed by atoms with van der Waals surface area (Å²) >= 11 is 8.05. The number of benzene rings is 3. The van der Waals surface area contributed by atoms with Gasteiger partial charge in [0.1, 0.15) is 16.5 Å². The van der Waals surface area contributed by atoms with Gasteiger partial charge in [0.25, 0.3) is 0 Å². The third-order valence-corrected chi connectivity index (χ3v) is 5.79. The average molecular weight is 440 g/mol. The Labute approximate surface area is 182 Å². The minimum Gasteiger partial charge on any atom is -0.497 e. The second-order valence-electron chi connectivity index (χ2n) is 6.33. The van der Waals surface area contributed by atoms with Crippen molar-refractivity contribution in [3.8, 4) is 22.1 Å². The molecule has 3 aromatic carbocycles. The zero-order valence-electron chi connectivity index (χ0n) is 16.2. The number of methoxy groups -OCH3 is 2. The molecule has 0 saturated carbocycles. The normalized spacial score (nSPS) is 10.6. The van der Waals surface area contributed by atoms with Gasteiger partial charge in [0.2, 0.25) is 0 Å². The number of fused-ring (bicyclic) bond motifs is 1. The second kappa shape index (κ2) is 8.61. The third kappa shape index (κ3) is 4.17. The first-order valence-electron chi connectivity index (χ1n) is 9.03. The molecule has 4 rings (SSSR count). The number of ether oxygens (including phenoxy) is 2. The fourth-order valence-electron chi connectivity index (χ4n) is 2.94. The highest BCUT2D eigenvalue weighted by molar-refractivity contribution is 7.21. The van der Waals surface area contributed by atoms with Crippen LogP contribution in [0.25, 0.3) is 20.8 Å². The van der Waals surface area contributed by atoms with Crippen LogP contribution in [0.4, 0.5) is 16.2 Å². The predicted octanol–water partition coefficient (Wildman–Crippen LogP) is 6.28. The molecule has 0 spiro atoms. The molecule has 0 saturated heterocycles. The van der Waals surface area contributed by atoms with Gasteiger partial charge in [-0.1, -0.05) is 23.7 Å². The molecule has 2 N–H and O–H groups in total. The number of thiazole rings is 1. The minimum atomic E-state index is -0.415. The molecule has 30 heavy (non-hydrogen) atoms. The van der Waals surface area contributed by atoms with Crippen LogP contribution in [0.3, 0.4) is 0 Å². The number of amides is 2. The fraction of sp³-hybridized carbons (Fsp3) is 0.0909. The lowest BCUT2D eigenvalue weighted by Gasteiger charge is -2.13. The zero-order chi connectivity index (χ0) is 21.1. The number of para-hydroxylation sites is 1. The summed E-state index contributed by atoms with van der Waals surface area (Å²) < 4.78 is 11.6. The van der Waals surface area contributed by atoms with Crippen molar-refractivity contribution in [2.45, 2.75) is 0 Å².